The van der Waals surface area contributed by atoms with Crippen molar-refractivity contribution in [3.8, 4) is 0 Å². The topological polar surface area (TPSA) is 29.1 Å². The highest BCUT2D eigenvalue weighted by Crippen LogP contribution is 2.17. The summed E-state index contributed by atoms with van der Waals surface area (Å²) in [4.78, 5) is 11.4. The number of alkyl halides is 1. The molecule has 1 aromatic carbocycles. The molecule has 0 fully saturated rings. The highest BCUT2D eigenvalue weighted by Gasteiger charge is 2.09. The van der Waals surface area contributed by atoms with Crippen LogP contribution in [0.25, 0.3) is 0 Å². The van der Waals surface area contributed by atoms with Gasteiger partial charge in [0.25, 0.3) is 5.91 Å². The van der Waals surface area contributed by atoms with Crippen LogP contribution in [0.15, 0.2) is 22.7 Å². The zero-order valence-electron chi connectivity index (χ0n) is 7.19. The summed E-state index contributed by atoms with van der Waals surface area (Å²) in [6, 6.07) is 3.95. The second-order valence-electron chi connectivity index (χ2n) is 2.57. The van der Waals surface area contributed by atoms with Crippen molar-refractivity contribution >= 4 is 33.4 Å². The molecule has 0 bridgehead atoms. The normalized spacial score (nSPS) is 9.93. The van der Waals surface area contributed by atoms with E-state index in [-0.39, 0.29) is 11.5 Å². The van der Waals surface area contributed by atoms with Gasteiger partial charge >= 0.3 is 0 Å². The Balaban J connectivity index is 2.83. The van der Waals surface area contributed by atoms with E-state index in [1.165, 1.54) is 18.2 Å². The van der Waals surface area contributed by atoms with Crippen LogP contribution >= 0.6 is 27.5 Å². The van der Waals surface area contributed by atoms with Gasteiger partial charge in [0.1, 0.15) is 5.82 Å². The number of hydrogen-bond donors (Lipinski definition) is 1. The maximum atomic E-state index is 12.8. The van der Waals surface area contributed by atoms with Crippen LogP contribution < -0.4 is 5.32 Å². The van der Waals surface area contributed by atoms with Gasteiger partial charge in [-0.2, -0.15) is 0 Å². The van der Waals surface area contributed by atoms with Gasteiger partial charge < -0.3 is 5.32 Å². The molecule has 0 radical (unpaired) electrons. The van der Waals surface area contributed by atoms with Crippen LogP contribution in [-0.2, 0) is 0 Å². The van der Waals surface area contributed by atoms with Gasteiger partial charge in [0.2, 0.25) is 0 Å². The molecule has 0 aliphatic rings. The lowest BCUT2D eigenvalue weighted by atomic mass is 10.2. The average Bonchev–Trinajstić information content (AvgIpc) is 2.18. The Hall–Kier alpha value is -0.610. The Bertz CT molecular complexity index is 346. The van der Waals surface area contributed by atoms with Gasteiger partial charge in [-0.15, -0.1) is 11.6 Å². The van der Waals surface area contributed by atoms with E-state index >= 15 is 0 Å². The summed E-state index contributed by atoms with van der Waals surface area (Å²) < 4.78 is 13.4. The first-order valence-electron chi connectivity index (χ1n) is 3.94. The van der Waals surface area contributed by atoms with E-state index in [4.69, 9.17) is 11.6 Å². The van der Waals surface area contributed by atoms with Crippen LogP contribution in [0.1, 0.15) is 10.4 Å². The summed E-state index contributed by atoms with van der Waals surface area (Å²) in [5.74, 6) is -0.445. The molecule has 0 heterocycles. The molecule has 1 amide bonds. The molecular formula is C9H8BrClFNO. The molecule has 2 nitrogen and oxygen atoms in total. The number of benzene rings is 1. The van der Waals surface area contributed by atoms with Gasteiger partial charge in [-0.05, 0) is 34.1 Å². The van der Waals surface area contributed by atoms with Crippen molar-refractivity contribution in [2.45, 2.75) is 0 Å². The first-order chi connectivity index (χ1) is 6.65. The number of rotatable bonds is 3. The molecule has 0 saturated heterocycles. The van der Waals surface area contributed by atoms with Crippen molar-refractivity contribution < 1.29 is 9.18 Å². The molecule has 0 aliphatic heterocycles. The third-order valence-electron chi connectivity index (χ3n) is 1.55. The Morgan fingerprint density at radius 2 is 2.29 bits per heavy atom. The molecule has 5 heteroatoms. The molecule has 0 saturated carbocycles. The van der Waals surface area contributed by atoms with Crippen molar-refractivity contribution in [3.63, 3.8) is 0 Å². The molecule has 14 heavy (non-hydrogen) atoms. The van der Waals surface area contributed by atoms with Gasteiger partial charge in [-0.25, -0.2) is 4.39 Å². The van der Waals surface area contributed by atoms with Crippen LogP contribution in [0.3, 0.4) is 0 Å². The zero-order valence-corrected chi connectivity index (χ0v) is 9.53. The van der Waals surface area contributed by atoms with E-state index in [0.717, 1.165) is 0 Å². The van der Waals surface area contributed by atoms with E-state index in [0.29, 0.717) is 16.9 Å². The predicted octanol–water partition coefficient (Wildman–Crippen LogP) is 2.56. The largest absolute Gasteiger partial charge is 0.351 e. The first kappa shape index (κ1) is 11.5. The first-order valence-corrected chi connectivity index (χ1v) is 5.27. The summed E-state index contributed by atoms with van der Waals surface area (Å²) >= 11 is 8.57. The maximum absolute atomic E-state index is 12.8. The van der Waals surface area contributed by atoms with E-state index in [9.17, 15) is 9.18 Å². The van der Waals surface area contributed by atoms with Gasteiger partial charge in [-0.3, -0.25) is 4.79 Å². The number of nitrogens with one attached hydrogen (secondary N) is 1. The minimum Gasteiger partial charge on any atom is -0.351 e. The van der Waals surface area contributed by atoms with E-state index in [1.54, 1.807) is 0 Å². The van der Waals surface area contributed by atoms with E-state index in [1.807, 2.05) is 0 Å². The minimum absolute atomic E-state index is 0.273. The minimum atomic E-state index is -0.441. The van der Waals surface area contributed by atoms with Gasteiger partial charge in [0.05, 0.1) is 5.56 Å². The molecule has 76 valence electrons. The average molecular weight is 281 g/mol. The number of carbonyl (C=O) groups is 1. The molecule has 0 spiro atoms. The molecule has 0 aliphatic carbocycles. The number of halogens is 3. The monoisotopic (exact) mass is 279 g/mol. The zero-order chi connectivity index (χ0) is 10.6. The number of carbonyl (C=O) groups excluding carboxylic acids is 1. The molecule has 0 aromatic heterocycles. The van der Waals surface area contributed by atoms with Crippen molar-refractivity contribution in [3.05, 3.63) is 34.1 Å². The SMILES string of the molecule is O=C(NCCCl)c1cc(F)ccc1Br. The Labute approximate surface area is 94.6 Å². The van der Waals surface area contributed by atoms with Crippen LogP contribution in [-0.4, -0.2) is 18.3 Å². The lowest BCUT2D eigenvalue weighted by molar-refractivity contribution is 0.0955. The molecule has 1 N–H and O–H groups in total. The summed E-state index contributed by atoms with van der Waals surface area (Å²) in [6.45, 7) is 0.364. The smallest absolute Gasteiger partial charge is 0.252 e. The van der Waals surface area contributed by atoms with Gasteiger partial charge in [0.15, 0.2) is 0 Å². The second kappa shape index (κ2) is 5.32. The fraction of sp³-hybridized carbons (Fsp3) is 0.222. The van der Waals surface area contributed by atoms with E-state index < -0.39 is 5.82 Å². The highest BCUT2D eigenvalue weighted by molar-refractivity contribution is 9.10. The molecule has 1 aromatic rings. The summed E-state index contributed by atoms with van der Waals surface area (Å²) in [5, 5.41) is 2.55. The van der Waals surface area contributed by atoms with Crippen molar-refractivity contribution in [2.75, 3.05) is 12.4 Å². The van der Waals surface area contributed by atoms with Crippen LogP contribution in [0.5, 0.6) is 0 Å². The van der Waals surface area contributed by atoms with Crippen LogP contribution in [0.2, 0.25) is 0 Å². The van der Waals surface area contributed by atoms with Crippen molar-refractivity contribution in [2.24, 2.45) is 0 Å². The fourth-order valence-corrected chi connectivity index (χ4v) is 1.45. The quantitative estimate of drug-likeness (QED) is 0.847. The van der Waals surface area contributed by atoms with Crippen LogP contribution in [0, 0.1) is 5.82 Å². The van der Waals surface area contributed by atoms with E-state index in [2.05, 4.69) is 21.2 Å². The van der Waals surface area contributed by atoms with Crippen LogP contribution in [0.4, 0.5) is 4.39 Å². The fourth-order valence-electron chi connectivity index (χ4n) is 0.928. The third-order valence-corrected chi connectivity index (χ3v) is 2.43. The summed E-state index contributed by atoms with van der Waals surface area (Å²) in [5.41, 5.74) is 0.273. The molecule has 0 unspecified atom stereocenters. The molecular weight excluding hydrogens is 272 g/mol. The van der Waals surface area contributed by atoms with Gasteiger partial charge in [-0.1, -0.05) is 0 Å². The number of hydrogen-bond acceptors (Lipinski definition) is 1. The van der Waals surface area contributed by atoms with Crippen molar-refractivity contribution in [1.82, 2.24) is 5.32 Å². The Kier molecular flexibility index (Phi) is 4.35. The molecule has 1 rings (SSSR count). The third kappa shape index (κ3) is 2.96. The Morgan fingerprint density at radius 3 is 2.93 bits per heavy atom. The summed E-state index contributed by atoms with van der Waals surface area (Å²) in [6.07, 6.45) is 0. The lowest BCUT2D eigenvalue weighted by Gasteiger charge is -2.04. The number of amides is 1. The standard InChI is InChI=1S/C9H8BrClFNO/c10-8-2-1-6(12)5-7(8)9(14)13-4-3-11/h1-2,5H,3-4H2,(H,13,14). The van der Waals surface area contributed by atoms with Crippen molar-refractivity contribution in [1.29, 1.82) is 0 Å². The summed E-state index contributed by atoms with van der Waals surface area (Å²) in [7, 11) is 0. The van der Waals surface area contributed by atoms with Gasteiger partial charge in [0, 0.05) is 16.9 Å². The maximum Gasteiger partial charge on any atom is 0.252 e. The highest BCUT2D eigenvalue weighted by atomic mass is 79.9. The predicted molar refractivity (Wildman–Crippen MR) is 57.2 cm³/mol. The lowest BCUT2D eigenvalue weighted by Crippen LogP contribution is -2.25. The second-order valence-corrected chi connectivity index (χ2v) is 3.80. The molecule has 0 atom stereocenters. The Morgan fingerprint density at radius 1 is 1.57 bits per heavy atom.